The Morgan fingerprint density at radius 3 is 2.74 bits per heavy atom. The number of carbonyl (C=O) groups is 1. The maximum atomic E-state index is 13.1. The standard InChI is InChI=1S/C16H22ClFN2O2.ClH/c1-16(2,12-5-3-10(18)7-13(12)17)9-20-15(21)14-6-4-11(8-19)22-14;/h3,5,7,11,14H,4,6,8-9,19H2,1-2H3,(H,20,21);1H/t11-,14+;/m1./s1. The largest absolute Gasteiger partial charge is 0.364 e. The minimum Gasteiger partial charge on any atom is -0.364 e. The van der Waals surface area contributed by atoms with Crippen molar-refractivity contribution in [1.82, 2.24) is 5.32 Å². The molecule has 1 aliphatic rings. The number of hydrogen-bond donors (Lipinski definition) is 2. The maximum absolute atomic E-state index is 13.1. The van der Waals surface area contributed by atoms with E-state index in [4.69, 9.17) is 22.1 Å². The first-order valence-corrected chi connectivity index (χ1v) is 7.80. The third-order valence-electron chi connectivity index (χ3n) is 4.03. The number of nitrogens with two attached hydrogens (primary N) is 1. The fourth-order valence-corrected chi connectivity index (χ4v) is 3.05. The number of benzene rings is 1. The molecule has 7 heteroatoms. The molecule has 4 nitrogen and oxygen atoms in total. The van der Waals surface area contributed by atoms with Gasteiger partial charge in [-0.1, -0.05) is 31.5 Å². The van der Waals surface area contributed by atoms with Gasteiger partial charge in [-0.05, 0) is 30.5 Å². The lowest BCUT2D eigenvalue weighted by molar-refractivity contribution is -0.132. The summed E-state index contributed by atoms with van der Waals surface area (Å²) in [5.41, 5.74) is 5.93. The van der Waals surface area contributed by atoms with Gasteiger partial charge in [0, 0.05) is 23.5 Å². The maximum Gasteiger partial charge on any atom is 0.249 e. The highest BCUT2D eigenvalue weighted by Gasteiger charge is 2.31. The van der Waals surface area contributed by atoms with Crippen molar-refractivity contribution in [1.29, 1.82) is 0 Å². The molecule has 1 amide bonds. The van der Waals surface area contributed by atoms with Crippen LogP contribution in [-0.2, 0) is 14.9 Å². The van der Waals surface area contributed by atoms with Crippen molar-refractivity contribution in [3.8, 4) is 0 Å². The molecule has 0 saturated carbocycles. The van der Waals surface area contributed by atoms with Crippen molar-refractivity contribution >= 4 is 29.9 Å². The van der Waals surface area contributed by atoms with Crippen LogP contribution in [0, 0.1) is 5.82 Å². The molecule has 1 aliphatic heterocycles. The molecule has 0 aromatic heterocycles. The summed E-state index contributed by atoms with van der Waals surface area (Å²) in [6.45, 7) is 4.72. The fourth-order valence-electron chi connectivity index (χ4n) is 2.63. The molecule has 3 N–H and O–H groups in total. The number of ether oxygens (including phenoxy) is 1. The van der Waals surface area contributed by atoms with Gasteiger partial charge in [-0.3, -0.25) is 4.79 Å². The zero-order valence-electron chi connectivity index (χ0n) is 13.3. The lowest BCUT2D eigenvalue weighted by Crippen LogP contribution is -2.42. The first-order chi connectivity index (χ1) is 10.3. The van der Waals surface area contributed by atoms with E-state index in [1.54, 1.807) is 6.07 Å². The zero-order valence-corrected chi connectivity index (χ0v) is 14.8. The molecule has 23 heavy (non-hydrogen) atoms. The highest BCUT2D eigenvalue weighted by Crippen LogP contribution is 2.30. The van der Waals surface area contributed by atoms with E-state index in [2.05, 4.69) is 5.32 Å². The van der Waals surface area contributed by atoms with Crippen molar-refractivity contribution in [2.45, 2.75) is 44.3 Å². The van der Waals surface area contributed by atoms with E-state index < -0.39 is 11.5 Å². The molecule has 1 aromatic carbocycles. The molecule has 1 heterocycles. The number of amides is 1. The highest BCUT2D eigenvalue weighted by molar-refractivity contribution is 6.31. The zero-order chi connectivity index (χ0) is 16.3. The first-order valence-electron chi connectivity index (χ1n) is 7.42. The third kappa shape index (κ3) is 5.05. The highest BCUT2D eigenvalue weighted by atomic mass is 35.5. The summed E-state index contributed by atoms with van der Waals surface area (Å²) in [6.07, 6.45) is 1.02. The van der Waals surface area contributed by atoms with Gasteiger partial charge >= 0.3 is 0 Å². The molecule has 0 aliphatic carbocycles. The van der Waals surface area contributed by atoms with Gasteiger partial charge in [-0.2, -0.15) is 0 Å². The lowest BCUT2D eigenvalue weighted by atomic mass is 9.84. The Morgan fingerprint density at radius 2 is 2.17 bits per heavy atom. The Hall–Kier alpha value is -0.880. The van der Waals surface area contributed by atoms with Gasteiger partial charge in [-0.15, -0.1) is 12.4 Å². The topological polar surface area (TPSA) is 64.4 Å². The predicted octanol–water partition coefficient (Wildman–Crippen LogP) is 2.80. The van der Waals surface area contributed by atoms with Crippen LogP contribution in [-0.4, -0.2) is 31.2 Å². The number of nitrogens with one attached hydrogen (secondary N) is 1. The summed E-state index contributed by atoms with van der Waals surface area (Å²) in [5, 5.41) is 3.25. The molecule has 0 spiro atoms. The van der Waals surface area contributed by atoms with Crippen LogP contribution >= 0.6 is 24.0 Å². The Labute approximate surface area is 147 Å². The monoisotopic (exact) mass is 364 g/mol. The summed E-state index contributed by atoms with van der Waals surface area (Å²) < 4.78 is 18.7. The molecular weight excluding hydrogens is 342 g/mol. The number of hydrogen-bond acceptors (Lipinski definition) is 3. The van der Waals surface area contributed by atoms with Gasteiger partial charge in [0.15, 0.2) is 0 Å². The molecule has 1 aromatic rings. The average Bonchev–Trinajstić information content (AvgIpc) is 2.93. The Bertz CT molecular complexity index is 555. The van der Waals surface area contributed by atoms with Crippen molar-refractivity contribution < 1.29 is 13.9 Å². The van der Waals surface area contributed by atoms with Gasteiger partial charge in [-0.25, -0.2) is 4.39 Å². The molecule has 1 saturated heterocycles. The second-order valence-corrected chi connectivity index (χ2v) is 6.69. The number of carbonyl (C=O) groups excluding carboxylic acids is 1. The van der Waals surface area contributed by atoms with E-state index in [1.165, 1.54) is 12.1 Å². The molecule has 130 valence electrons. The molecular formula is C16H23Cl2FN2O2. The van der Waals surface area contributed by atoms with Crippen LogP contribution < -0.4 is 11.1 Å². The van der Waals surface area contributed by atoms with E-state index in [1.807, 2.05) is 13.8 Å². The van der Waals surface area contributed by atoms with Crippen LogP contribution in [0.4, 0.5) is 4.39 Å². The van der Waals surface area contributed by atoms with E-state index in [0.29, 0.717) is 24.5 Å². The van der Waals surface area contributed by atoms with E-state index >= 15 is 0 Å². The van der Waals surface area contributed by atoms with Crippen LogP contribution in [0.5, 0.6) is 0 Å². The van der Waals surface area contributed by atoms with Gasteiger partial charge in [0.1, 0.15) is 11.9 Å². The smallest absolute Gasteiger partial charge is 0.249 e. The Balaban J connectivity index is 0.00000264. The average molecular weight is 365 g/mol. The molecule has 0 radical (unpaired) electrons. The van der Waals surface area contributed by atoms with Crippen LogP contribution in [0.1, 0.15) is 32.3 Å². The van der Waals surface area contributed by atoms with E-state index in [9.17, 15) is 9.18 Å². The van der Waals surface area contributed by atoms with Gasteiger partial charge < -0.3 is 15.8 Å². The van der Waals surface area contributed by atoms with E-state index in [-0.39, 0.29) is 30.2 Å². The molecule has 0 bridgehead atoms. The lowest BCUT2D eigenvalue weighted by Gasteiger charge is -2.27. The van der Waals surface area contributed by atoms with Crippen LogP contribution in [0.2, 0.25) is 5.02 Å². The summed E-state index contributed by atoms with van der Waals surface area (Å²) in [7, 11) is 0. The van der Waals surface area contributed by atoms with E-state index in [0.717, 1.165) is 12.0 Å². The molecule has 2 rings (SSSR count). The first kappa shape index (κ1) is 20.2. The minimum absolute atomic E-state index is 0. The fraction of sp³-hybridized carbons (Fsp3) is 0.562. The van der Waals surface area contributed by atoms with Gasteiger partial charge in [0.05, 0.1) is 6.10 Å². The molecule has 1 fully saturated rings. The summed E-state index contributed by atoms with van der Waals surface area (Å²) in [4.78, 5) is 12.2. The van der Waals surface area contributed by atoms with Gasteiger partial charge in [0.25, 0.3) is 0 Å². The number of rotatable bonds is 5. The van der Waals surface area contributed by atoms with Crippen LogP contribution in [0.25, 0.3) is 0 Å². The molecule has 0 unspecified atom stereocenters. The Morgan fingerprint density at radius 1 is 1.48 bits per heavy atom. The summed E-state index contributed by atoms with van der Waals surface area (Å²) >= 11 is 6.10. The van der Waals surface area contributed by atoms with Crippen molar-refractivity contribution in [3.05, 3.63) is 34.6 Å². The quantitative estimate of drug-likeness (QED) is 0.844. The van der Waals surface area contributed by atoms with Gasteiger partial charge in [0.2, 0.25) is 5.91 Å². The normalized spacial score (nSPS) is 20.9. The summed E-state index contributed by atoms with van der Waals surface area (Å²) in [5.74, 6) is -0.511. The van der Waals surface area contributed by atoms with Crippen molar-refractivity contribution in [3.63, 3.8) is 0 Å². The third-order valence-corrected chi connectivity index (χ3v) is 4.34. The SMILES string of the molecule is CC(C)(CNC(=O)[C@@H]1CC[C@H](CN)O1)c1ccc(F)cc1Cl.Cl. The van der Waals surface area contributed by atoms with Crippen LogP contribution in [0.15, 0.2) is 18.2 Å². The molecule has 2 atom stereocenters. The second kappa shape index (κ2) is 8.29. The Kier molecular flexibility index (Phi) is 7.27. The summed E-state index contributed by atoms with van der Waals surface area (Å²) in [6, 6.07) is 4.31. The predicted molar refractivity (Wildman–Crippen MR) is 91.6 cm³/mol. The van der Waals surface area contributed by atoms with Crippen molar-refractivity contribution in [2.24, 2.45) is 5.73 Å². The second-order valence-electron chi connectivity index (χ2n) is 6.29. The minimum atomic E-state index is -0.437. The van der Waals surface area contributed by atoms with Crippen molar-refractivity contribution in [2.75, 3.05) is 13.1 Å². The number of halogens is 3. The van der Waals surface area contributed by atoms with Crippen LogP contribution in [0.3, 0.4) is 0 Å².